The molecule has 130 valence electrons. The molecule has 2 unspecified atom stereocenters. The van der Waals surface area contributed by atoms with E-state index in [2.05, 4.69) is 5.32 Å². The average molecular weight is 342 g/mol. The van der Waals surface area contributed by atoms with Gasteiger partial charge in [0.1, 0.15) is 11.9 Å². The van der Waals surface area contributed by atoms with E-state index in [1.165, 1.54) is 18.2 Å². The molecule has 2 N–H and O–H groups in total. The van der Waals surface area contributed by atoms with Crippen LogP contribution in [0.25, 0.3) is 0 Å². The summed E-state index contributed by atoms with van der Waals surface area (Å²) in [5.74, 6) is -0.959. The van der Waals surface area contributed by atoms with Crippen LogP contribution < -0.4 is 5.32 Å². The summed E-state index contributed by atoms with van der Waals surface area (Å²) in [4.78, 5) is 25.4. The number of urea groups is 1. The average Bonchev–Trinajstić information content (AvgIpc) is 2.88. The topological polar surface area (TPSA) is 69.6 Å². The smallest absolute Gasteiger partial charge is 0.324 e. The van der Waals surface area contributed by atoms with E-state index in [0.29, 0.717) is 12.8 Å². The third kappa shape index (κ3) is 3.85. The van der Waals surface area contributed by atoms with Crippen LogP contribution in [0.2, 0.25) is 0 Å². The molecule has 2 aromatic carbocycles. The molecule has 2 aromatic rings. The maximum atomic E-state index is 13.7. The van der Waals surface area contributed by atoms with E-state index in [9.17, 15) is 19.1 Å². The van der Waals surface area contributed by atoms with Gasteiger partial charge in [0.2, 0.25) is 0 Å². The highest BCUT2D eigenvalue weighted by atomic mass is 19.1. The first kappa shape index (κ1) is 17.1. The van der Waals surface area contributed by atoms with E-state index in [1.54, 1.807) is 6.07 Å². The number of hydrogen-bond acceptors (Lipinski definition) is 3. The van der Waals surface area contributed by atoms with Gasteiger partial charge in [-0.1, -0.05) is 48.5 Å². The van der Waals surface area contributed by atoms with E-state index in [1.807, 2.05) is 30.3 Å². The molecule has 1 fully saturated rings. The number of benzene rings is 2. The van der Waals surface area contributed by atoms with Gasteiger partial charge in [0.15, 0.2) is 0 Å². The minimum absolute atomic E-state index is 0.0656. The first-order valence-corrected chi connectivity index (χ1v) is 8.14. The van der Waals surface area contributed by atoms with E-state index in [-0.39, 0.29) is 12.1 Å². The molecule has 0 aliphatic carbocycles. The molecule has 2 atom stereocenters. The Hall–Kier alpha value is -2.73. The Morgan fingerprint density at radius 2 is 1.76 bits per heavy atom. The number of carbonyl (C=O) groups is 2. The molecule has 1 heterocycles. The first-order valence-electron chi connectivity index (χ1n) is 8.14. The Balaban J connectivity index is 1.62. The van der Waals surface area contributed by atoms with Crippen molar-refractivity contribution in [2.45, 2.75) is 25.0 Å². The molecule has 0 spiro atoms. The van der Waals surface area contributed by atoms with Crippen molar-refractivity contribution in [3.05, 3.63) is 71.5 Å². The summed E-state index contributed by atoms with van der Waals surface area (Å²) in [6, 6.07) is 14.3. The Labute approximate surface area is 145 Å². The SMILES string of the molecule is O=C1NC(CCc2ccccc2)C(=O)N1CC(O)c1ccccc1F. The van der Waals surface area contributed by atoms with Crippen molar-refractivity contribution in [2.24, 2.45) is 0 Å². The van der Waals surface area contributed by atoms with E-state index < -0.39 is 29.9 Å². The molecule has 0 bridgehead atoms. The lowest BCUT2D eigenvalue weighted by atomic mass is 10.0. The molecular formula is C19H19FN2O3. The van der Waals surface area contributed by atoms with Gasteiger partial charge >= 0.3 is 6.03 Å². The van der Waals surface area contributed by atoms with E-state index in [0.717, 1.165) is 10.5 Å². The quantitative estimate of drug-likeness (QED) is 0.792. The van der Waals surface area contributed by atoms with Gasteiger partial charge in [0.25, 0.3) is 5.91 Å². The molecule has 1 aliphatic rings. The van der Waals surface area contributed by atoms with Gasteiger partial charge in [-0.25, -0.2) is 9.18 Å². The number of nitrogens with one attached hydrogen (secondary N) is 1. The molecule has 0 radical (unpaired) electrons. The number of imide groups is 1. The van der Waals surface area contributed by atoms with Gasteiger partial charge in [-0.15, -0.1) is 0 Å². The van der Waals surface area contributed by atoms with Crippen LogP contribution in [0.5, 0.6) is 0 Å². The lowest BCUT2D eigenvalue weighted by molar-refractivity contribution is -0.128. The van der Waals surface area contributed by atoms with Gasteiger partial charge in [0.05, 0.1) is 12.6 Å². The fraction of sp³-hybridized carbons (Fsp3) is 0.263. The van der Waals surface area contributed by atoms with E-state index >= 15 is 0 Å². The van der Waals surface area contributed by atoms with Gasteiger partial charge in [-0.05, 0) is 24.5 Å². The highest BCUT2D eigenvalue weighted by Crippen LogP contribution is 2.21. The van der Waals surface area contributed by atoms with Crippen molar-refractivity contribution in [1.29, 1.82) is 0 Å². The van der Waals surface area contributed by atoms with Gasteiger partial charge in [0, 0.05) is 5.56 Å². The molecule has 1 aliphatic heterocycles. The molecule has 5 nitrogen and oxygen atoms in total. The van der Waals surface area contributed by atoms with Crippen LogP contribution >= 0.6 is 0 Å². The number of hydrogen-bond donors (Lipinski definition) is 2. The summed E-state index contributed by atoms with van der Waals surface area (Å²) in [5.41, 5.74) is 1.14. The monoisotopic (exact) mass is 342 g/mol. The summed E-state index contributed by atoms with van der Waals surface area (Å²) < 4.78 is 13.7. The summed E-state index contributed by atoms with van der Waals surface area (Å²) in [7, 11) is 0. The molecular weight excluding hydrogens is 323 g/mol. The lowest BCUT2D eigenvalue weighted by Gasteiger charge is -2.18. The Bertz CT molecular complexity index is 766. The van der Waals surface area contributed by atoms with Crippen molar-refractivity contribution in [3.8, 4) is 0 Å². The maximum absolute atomic E-state index is 13.7. The minimum Gasteiger partial charge on any atom is -0.386 e. The summed E-state index contributed by atoms with van der Waals surface area (Å²) in [6.45, 7) is -0.270. The zero-order chi connectivity index (χ0) is 17.8. The standard InChI is InChI=1S/C19H19FN2O3/c20-15-9-5-4-8-14(15)17(23)12-22-18(24)16(21-19(22)25)11-10-13-6-2-1-3-7-13/h1-9,16-17,23H,10-12H2,(H,21,25). The number of β-amino-alcohol motifs (C(OH)–C–C–N with tert-alkyl or cyclic N) is 1. The van der Waals surface area contributed by atoms with Crippen LogP contribution in [0, 0.1) is 5.82 Å². The van der Waals surface area contributed by atoms with Gasteiger partial charge in [-0.3, -0.25) is 9.69 Å². The fourth-order valence-electron chi connectivity index (χ4n) is 2.92. The summed E-state index contributed by atoms with van der Waals surface area (Å²) >= 11 is 0. The predicted molar refractivity (Wildman–Crippen MR) is 90.2 cm³/mol. The third-order valence-corrected chi connectivity index (χ3v) is 4.29. The first-order chi connectivity index (χ1) is 12.1. The largest absolute Gasteiger partial charge is 0.386 e. The highest BCUT2D eigenvalue weighted by Gasteiger charge is 2.38. The van der Waals surface area contributed by atoms with Crippen LogP contribution in [0.3, 0.4) is 0 Å². The molecule has 6 heteroatoms. The molecule has 0 saturated carbocycles. The van der Waals surface area contributed by atoms with Crippen LogP contribution in [0.1, 0.15) is 23.7 Å². The normalized spacial score (nSPS) is 18.3. The number of aliphatic hydroxyl groups is 1. The van der Waals surface area contributed by atoms with Crippen molar-refractivity contribution >= 4 is 11.9 Å². The van der Waals surface area contributed by atoms with Crippen LogP contribution in [-0.2, 0) is 11.2 Å². The van der Waals surface area contributed by atoms with Crippen molar-refractivity contribution in [3.63, 3.8) is 0 Å². The minimum atomic E-state index is -1.26. The number of aliphatic hydroxyl groups excluding tert-OH is 1. The number of halogens is 1. The Morgan fingerprint density at radius 1 is 1.08 bits per heavy atom. The van der Waals surface area contributed by atoms with Crippen LogP contribution in [0.4, 0.5) is 9.18 Å². The number of amides is 3. The third-order valence-electron chi connectivity index (χ3n) is 4.29. The summed E-state index contributed by atoms with van der Waals surface area (Å²) in [5, 5.41) is 12.8. The predicted octanol–water partition coefficient (Wildman–Crippen LogP) is 2.41. The second kappa shape index (κ2) is 7.44. The van der Waals surface area contributed by atoms with Gasteiger partial charge < -0.3 is 10.4 Å². The zero-order valence-corrected chi connectivity index (χ0v) is 13.6. The van der Waals surface area contributed by atoms with E-state index in [4.69, 9.17) is 0 Å². The van der Waals surface area contributed by atoms with Gasteiger partial charge in [-0.2, -0.15) is 0 Å². The Morgan fingerprint density at radius 3 is 2.48 bits per heavy atom. The second-order valence-electron chi connectivity index (χ2n) is 6.01. The van der Waals surface area contributed by atoms with Crippen molar-refractivity contribution in [2.75, 3.05) is 6.54 Å². The second-order valence-corrected chi connectivity index (χ2v) is 6.01. The number of nitrogens with zero attached hydrogens (tertiary/aromatic N) is 1. The fourth-order valence-corrected chi connectivity index (χ4v) is 2.92. The number of rotatable bonds is 6. The number of aryl methyl sites for hydroxylation is 1. The van der Waals surface area contributed by atoms with Crippen LogP contribution in [-0.4, -0.2) is 34.5 Å². The highest BCUT2D eigenvalue weighted by molar-refractivity contribution is 6.04. The molecule has 3 rings (SSSR count). The van der Waals surface area contributed by atoms with Crippen LogP contribution in [0.15, 0.2) is 54.6 Å². The maximum Gasteiger partial charge on any atom is 0.324 e. The molecule has 25 heavy (non-hydrogen) atoms. The molecule has 0 aromatic heterocycles. The number of carbonyl (C=O) groups excluding carboxylic acids is 2. The zero-order valence-electron chi connectivity index (χ0n) is 13.6. The molecule has 3 amide bonds. The lowest BCUT2D eigenvalue weighted by Crippen LogP contribution is -2.35. The molecule has 1 saturated heterocycles. The Kier molecular flexibility index (Phi) is 5.09. The van der Waals surface area contributed by atoms with Crippen molar-refractivity contribution in [1.82, 2.24) is 10.2 Å². The summed E-state index contributed by atoms with van der Waals surface area (Å²) in [6.07, 6.45) is -0.133. The van der Waals surface area contributed by atoms with Crippen molar-refractivity contribution < 1.29 is 19.1 Å².